The fraction of sp³-hybridized carbons (Fsp3) is 0.800. The molecule has 82 valence electrons. The second-order valence-electron chi connectivity index (χ2n) is 3.84. The van der Waals surface area contributed by atoms with Gasteiger partial charge in [-0.2, -0.15) is 8.78 Å². The van der Waals surface area contributed by atoms with Crippen molar-refractivity contribution in [3.8, 4) is 0 Å². The van der Waals surface area contributed by atoms with Crippen LogP contribution in [0, 0.1) is 0 Å². The molecule has 1 rings (SSSR count). The van der Waals surface area contributed by atoms with Gasteiger partial charge in [-0.3, -0.25) is 4.90 Å². The maximum Gasteiger partial charge on any atom is 0.312 e. The van der Waals surface area contributed by atoms with E-state index >= 15 is 0 Å². The molecule has 4 heteroatoms. The van der Waals surface area contributed by atoms with E-state index in [0.29, 0.717) is 13.1 Å². The van der Waals surface area contributed by atoms with E-state index in [2.05, 4.69) is 6.58 Å². The van der Waals surface area contributed by atoms with Crippen molar-refractivity contribution >= 4 is 0 Å². The molecule has 0 aromatic carbocycles. The van der Waals surface area contributed by atoms with Gasteiger partial charge in [-0.25, -0.2) is 4.39 Å². The van der Waals surface area contributed by atoms with E-state index in [1.165, 1.54) is 4.90 Å². The highest BCUT2D eigenvalue weighted by atomic mass is 19.3. The number of alkyl halides is 3. The largest absolute Gasteiger partial charge is 0.312 e. The Morgan fingerprint density at radius 3 is 2.21 bits per heavy atom. The molecule has 1 atom stereocenters. The Morgan fingerprint density at radius 2 is 1.79 bits per heavy atom. The molecule has 0 aliphatic carbocycles. The molecule has 0 radical (unpaired) electrons. The predicted octanol–water partition coefficient (Wildman–Crippen LogP) is 2.98. The van der Waals surface area contributed by atoms with Crippen LogP contribution in [0.2, 0.25) is 0 Å². The summed E-state index contributed by atoms with van der Waals surface area (Å²) in [6.45, 7) is 5.13. The summed E-state index contributed by atoms with van der Waals surface area (Å²) in [5, 5.41) is 0. The standard InChI is InChI=1S/C10H16F3N/c1-8(2)10(12,13)9(11)14-6-4-3-5-7-14/h9H,1,3-7H2,2H3. The molecule has 1 aliphatic rings. The average molecular weight is 207 g/mol. The molecule has 0 spiro atoms. The monoisotopic (exact) mass is 207 g/mol. The Kier molecular flexibility index (Phi) is 3.59. The van der Waals surface area contributed by atoms with Crippen LogP contribution in [-0.4, -0.2) is 30.2 Å². The topological polar surface area (TPSA) is 3.24 Å². The SMILES string of the molecule is C=C(C)C(F)(F)C(F)N1CCCCC1. The van der Waals surface area contributed by atoms with Crippen LogP contribution in [0.3, 0.4) is 0 Å². The van der Waals surface area contributed by atoms with Crippen LogP contribution in [0.25, 0.3) is 0 Å². The highest BCUT2D eigenvalue weighted by molar-refractivity contribution is 5.07. The summed E-state index contributed by atoms with van der Waals surface area (Å²) >= 11 is 0. The third-order valence-electron chi connectivity index (χ3n) is 2.58. The zero-order valence-electron chi connectivity index (χ0n) is 8.40. The van der Waals surface area contributed by atoms with E-state index in [0.717, 1.165) is 26.2 Å². The van der Waals surface area contributed by atoms with Crippen LogP contribution in [0.4, 0.5) is 13.2 Å². The summed E-state index contributed by atoms with van der Waals surface area (Å²) in [6, 6.07) is 0. The molecule has 1 heterocycles. The Morgan fingerprint density at radius 1 is 1.29 bits per heavy atom. The maximum absolute atomic E-state index is 13.4. The smallest absolute Gasteiger partial charge is 0.269 e. The first-order valence-electron chi connectivity index (χ1n) is 4.88. The summed E-state index contributed by atoms with van der Waals surface area (Å²) in [6.07, 6.45) is 0.390. The lowest BCUT2D eigenvalue weighted by Crippen LogP contribution is -2.47. The Bertz CT molecular complexity index is 209. The van der Waals surface area contributed by atoms with Gasteiger partial charge in [0.25, 0.3) is 0 Å². The quantitative estimate of drug-likeness (QED) is 0.508. The fourth-order valence-corrected chi connectivity index (χ4v) is 1.58. The minimum Gasteiger partial charge on any atom is -0.269 e. The number of nitrogens with zero attached hydrogens (tertiary/aromatic N) is 1. The van der Waals surface area contributed by atoms with E-state index in [9.17, 15) is 13.2 Å². The summed E-state index contributed by atoms with van der Waals surface area (Å²) in [5.74, 6) is -3.42. The number of likely N-dealkylation sites (tertiary alicyclic amines) is 1. The highest BCUT2D eigenvalue weighted by Crippen LogP contribution is 2.32. The van der Waals surface area contributed by atoms with Gasteiger partial charge in [0.15, 0.2) is 0 Å². The van der Waals surface area contributed by atoms with E-state index in [1.54, 1.807) is 0 Å². The molecular formula is C10H16F3N. The number of rotatable bonds is 3. The van der Waals surface area contributed by atoms with Crippen molar-refractivity contribution in [3.63, 3.8) is 0 Å². The molecule has 1 unspecified atom stereocenters. The summed E-state index contributed by atoms with van der Waals surface area (Å²) in [5.41, 5.74) is -0.407. The molecule has 0 N–H and O–H groups in total. The third-order valence-corrected chi connectivity index (χ3v) is 2.58. The van der Waals surface area contributed by atoms with Gasteiger partial charge in [0.2, 0.25) is 6.30 Å². The first-order valence-corrected chi connectivity index (χ1v) is 4.88. The van der Waals surface area contributed by atoms with E-state index in [4.69, 9.17) is 0 Å². The van der Waals surface area contributed by atoms with Crippen LogP contribution in [0.1, 0.15) is 26.2 Å². The predicted molar refractivity (Wildman–Crippen MR) is 50.1 cm³/mol. The lowest BCUT2D eigenvalue weighted by Gasteiger charge is -2.33. The second kappa shape index (κ2) is 4.34. The van der Waals surface area contributed by atoms with Crippen LogP contribution < -0.4 is 0 Å². The minimum atomic E-state index is -3.42. The minimum absolute atomic E-state index is 0.407. The molecule has 0 aromatic heterocycles. The van der Waals surface area contributed by atoms with E-state index < -0.39 is 17.8 Å². The van der Waals surface area contributed by atoms with Gasteiger partial charge >= 0.3 is 5.92 Å². The Hall–Kier alpha value is -0.510. The van der Waals surface area contributed by atoms with Gasteiger partial charge in [-0.1, -0.05) is 13.0 Å². The zero-order chi connectivity index (χ0) is 10.8. The van der Waals surface area contributed by atoms with Crippen molar-refractivity contribution in [2.24, 2.45) is 0 Å². The van der Waals surface area contributed by atoms with Crippen molar-refractivity contribution in [2.45, 2.75) is 38.4 Å². The van der Waals surface area contributed by atoms with Crippen LogP contribution >= 0.6 is 0 Å². The summed E-state index contributed by atoms with van der Waals surface area (Å²) in [4.78, 5) is 1.21. The van der Waals surface area contributed by atoms with Crippen LogP contribution in [0.5, 0.6) is 0 Å². The third kappa shape index (κ3) is 2.29. The van der Waals surface area contributed by atoms with Crippen LogP contribution in [0.15, 0.2) is 12.2 Å². The van der Waals surface area contributed by atoms with Gasteiger partial charge in [0, 0.05) is 13.1 Å². The Labute approximate surface area is 82.6 Å². The lowest BCUT2D eigenvalue weighted by molar-refractivity contribution is -0.115. The number of hydrogen-bond donors (Lipinski definition) is 0. The van der Waals surface area contributed by atoms with Crippen molar-refractivity contribution < 1.29 is 13.2 Å². The van der Waals surface area contributed by atoms with Crippen molar-refractivity contribution in [1.29, 1.82) is 0 Å². The summed E-state index contributed by atoms with van der Waals surface area (Å²) in [7, 11) is 0. The first-order chi connectivity index (χ1) is 6.46. The highest BCUT2D eigenvalue weighted by Gasteiger charge is 2.44. The zero-order valence-corrected chi connectivity index (χ0v) is 8.40. The molecular weight excluding hydrogens is 191 g/mol. The summed E-state index contributed by atoms with van der Waals surface area (Å²) < 4.78 is 39.8. The van der Waals surface area contributed by atoms with Crippen molar-refractivity contribution in [1.82, 2.24) is 4.90 Å². The van der Waals surface area contributed by atoms with Gasteiger partial charge in [0.05, 0.1) is 0 Å². The normalized spacial score (nSPS) is 22.0. The molecule has 1 fully saturated rings. The maximum atomic E-state index is 13.4. The van der Waals surface area contributed by atoms with Gasteiger partial charge in [-0.05, 0) is 25.3 Å². The molecule has 14 heavy (non-hydrogen) atoms. The van der Waals surface area contributed by atoms with E-state index in [1.807, 2.05) is 0 Å². The van der Waals surface area contributed by atoms with Gasteiger partial charge in [-0.15, -0.1) is 0 Å². The second-order valence-corrected chi connectivity index (χ2v) is 3.84. The number of hydrogen-bond acceptors (Lipinski definition) is 1. The molecule has 0 bridgehead atoms. The van der Waals surface area contributed by atoms with E-state index in [-0.39, 0.29) is 0 Å². The number of piperidine rings is 1. The van der Waals surface area contributed by atoms with Crippen molar-refractivity contribution in [3.05, 3.63) is 12.2 Å². The molecule has 0 saturated carbocycles. The molecule has 1 saturated heterocycles. The molecule has 1 nitrogen and oxygen atoms in total. The molecule has 0 aromatic rings. The van der Waals surface area contributed by atoms with Crippen molar-refractivity contribution in [2.75, 3.05) is 13.1 Å². The van der Waals surface area contributed by atoms with Gasteiger partial charge in [0.1, 0.15) is 0 Å². The molecule has 0 amide bonds. The molecule has 1 aliphatic heterocycles. The first kappa shape index (κ1) is 11.6. The van der Waals surface area contributed by atoms with Gasteiger partial charge < -0.3 is 0 Å². The average Bonchev–Trinajstić information content (AvgIpc) is 2.17. The fourth-order valence-electron chi connectivity index (χ4n) is 1.58. The number of halogens is 3. The Balaban J connectivity index is 2.62. The van der Waals surface area contributed by atoms with Crippen LogP contribution in [-0.2, 0) is 0 Å². The lowest BCUT2D eigenvalue weighted by atomic mass is 10.1.